The molecule has 0 bridgehead atoms. The lowest BCUT2D eigenvalue weighted by molar-refractivity contribution is -0.138. The fraction of sp³-hybridized carbons (Fsp3) is 0.524. The van der Waals surface area contributed by atoms with Crippen LogP contribution in [0.25, 0.3) is 0 Å². The number of ketones is 1. The van der Waals surface area contributed by atoms with Crippen molar-refractivity contribution >= 4 is 34.9 Å². The van der Waals surface area contributed by atoms with Crippen LogP contribution in [0.4, 0.5) is 0 Å². The smallest absolute Gasteiger partial charge is 0.336 e. The van der Waals surface area contributed by atoms with Crippen LogP contribution in [-0.4, -0.2) is 24.1 Å². The number of Topliss-reactive ketones (excluding diaryl/α,β-unsaturated/α-hetero) is 1. The highest BCUT2D eigenvalue weighted by atomic mass is 32.2. The van der Waals surface area contributed by atoms with Crippen LogP contribution in [0.5, 0.6) is 0 Å². The van der Waals surface area contributed by atoms with Gasteiger partial charge in [0.2, 0.25) is 0 Å². The molecule has 3 rings (SSSR count). The van der Waals surface area contributed by atoms with Gasteiger partial charge in [-0.2, -0.15) is 0 Å². The molecule has 0 aromatic carbocycles. The zero-order chi connectivity index (χ0) is 19.6. The van der Waals surface area contributed by atoms with E-state index in [4.69, 9.17) is 4.74 Å². The zero-order valence-electron chi connectivity index (χ0n) is 16.4. The van der Waals surface area contributed by atoms with Gasteiger partial charge in [-0.05, 0) is 50.5 Å². The minimum absolute atomic E-state index is 0.153. The van der Waals surface area contributed by atoms with E-state index in [1.807, 2.05) is 13.8 Å². The second kappa shape index (κ2) is 8.65. The minimum atomic E-state index is -0.325. The van der Waals surface area contributed by atoms with Crippen molar-refractivity contribution in [3.05, 3.63) is 39.0 Å². The van der Waals surface area contributed by atoms with Crippen LogP contribution in [0.2, 0.25) is 0 Å². The van der Waals surface area contributed by atoms with Crippen molar-refractivity contribution < 1.29 is 14.3 Å². The molecule has 0 radical (unpaired) electrons. The molecule has 27 heavy (non-hydrogen) atoms. The van der Waals surface area contributed by atoms with Gasteiger partial charge >= 0.3 is 5.97 Å². The van der Waals surface area contributed by atoms with Crippen LogP contribution in [-0.2, 0) is 20.7 Å². The number of rotatable bonds is 6. The highest BCUT2D eigenvalue weighted by molar-refractivity contribution is 8.01. The summed E-state index contributed by atoms with van der Waals surface area (Å²) in [6.45, 7) is 8.33. The molecule has 1 atom stereocenters. The molecule has 1 N–H and O–H groups in total. The predicted molar refractivity (Wildman–Crippen MR) is 111 cm³/mol. The van der Waals surface area contributed by atoms with E-state index in [2.05, 4.69) is 25.2 Å². The Kier molecular flexibility index (Phi) is 6.48. The summed E-state index contributed by atoms with van der Waals surface area (Å²) in [5.74, 6) is 0.464. The van der Waals surface area contributed by atoms with E-state index in [0.29, 0.717) is 18.6 Å². The lowest BCUT2D eigenvalue weighted by Crippen LogP contribution is -2.34. The quantitative estimate of drug-likeness (QED) is 0.536. The summed E-state index contributed by atoms with van der Waals surface area (Å²) >= 11 is 3.57. The number of aryl methyl sites for hydroxylation is 1. The maximum atomic E-state index is 12.9. The second-order valence-electron chi connectivity index (χ2n) is 6.73. The Balaban J connectivity index is 2.20. The molecule has 0 saturated heterocycles. The largest absolute Gasteiger partial charge is 0.463 e. The third kappa shape index (κ3) is 3.87. The van der Waals surface area contributed by atoms with Gasteiger partial charge in [-0.3, -0.25) is 4.79 Å². The number of hydrogen-bond donors (Lipinski definition) is 1. The highest BCUT2D eigenvalue weighted by Crippen LogP contribution is 2.47. The monoisotopic (exact) mass is 405 g/mol. The Bertz CT molecular complexity index is 819. The number of hydrogen-bond acceptors (Lipinski definition) is 6. The van der Waals surface area contributed by atoms with Crippen molar-refractivity contribution in [3.63, 3.8) is 0 Å². The van der Waals surface area contributed by atoms with Crippen molar-refractivity contribution in [1.82, 2.24) is 5.32 Å². The average Bonchev–Trinajstić information content (AvgIpc) is 3.04. The molecule has 2 aliphatic rings. The molecule has 2 heterocycles. The van der Waals surface area contributed by atoms with E-state index in [9.17, 15) is 9.59 Å². The van der Waals surface area contributed by atoms with Crippen LogP contribution in [0, 0.1) is 0 Å². The second-order valence-corrected chi connectivity index (χ2v) is 9.40. The molecule has 0 spiro atoms. The number of dihydropyridines is 1. The number of nitrogens with one attached hydrogen (secondary N) is 1. The third-order valence-electron chi connectivity index (χ3n) is 4.98. The molecular weight excluding hydrogens is 378 g/mol. The van der Waals surface area contributed by atoms with Gasteiger partial charge in [0.1, 0.15) is 0 Å². The van der Waals surface area contributed by atoms with E-state index >= 15 is 0 Å². The van der Waals surface area contributed by atoms with Crippen LogP contribution in [0.1, 0.15) is 63.3 Å². The first kappa shape index (κ1) is 20.2. The fourth-order valence-corrected chi connectivity index (χ4v) is 6.21. The van der Waals surface area contributed by atoms with Crippen molar-refractivity contribution in [2.75, 3.05) is 12.4 Å². The first-order chi connectivity index (χ1) is 13.0. The number of thioether (sulfide) groups is 1. The van der Waals surface area contributed by atoms with Gasteiger partial charge in [-0.15, -0.1) is 23.1 Å². The summed E-state index contributed by atoms with van der Waals surface area (Å²) < 4.78 is 6.59. The van der Waals surface area contributed by atoms with Gasteiger partial charge in [0.05, 0.1) is 22.3 Å². The molecule has 1 aliphatic carbocycles. The molecular formula is C21H27NO3S2. The number of allylic oxidation sites excluding steroid dienone is 3. The summed E-state index contributed by atoms with van der Waals surface area (Å²) in [4.78, 5) is 27.1. The van der Waals surface area contributed by atoms with Crippen LogP contribution in [0.3, 0.4) is 0 Å². The molecule has 146 valence electrons. The molecule has 0 unspecified atom stereocenters. The molecule has 6 heteroatoms. The van der Waals surface area contributed by atoms with E-state index < -0.39 is 0 Å². The third-order valence-corrected chi connectivity index (χ3v) is 7.46. The van der Waals surface area contributed by atoms with Crippen molar-refractivity contribution in [3.8, 4) is 0 Å². The lowest BCUT2D eigenvalue weighted by atomic mass is 9.76. The Morgan fingerprint density at radius 3 is 2.78 bits per heavy atom. The fourth-order valence-electron chi connectivity index (χ4n) is 3.83. The number of carbonyl (C=O) groups excluding carboxylic acids is 2. The van der Waals surface area contributed by atoms with E-state index in [-0.39, 0.29) is 17.7 Å². The minimum Gasteiger partial charge on any atom is -0.463 e. The van der Waals surface area contributed by atoms with E-state index in [0.717, 1.165) is 47.5 Å². The van der Waals surface area contributed by atoms with Crippen LogP contribution < -0.4 is 5.32 Å². The zero-order valence-corrected chi connectivity index (χ0v) is 18.1. The molecule has 0 saturated carbocycles. The molecule has 0 fully saturated rings. The van der Waals surface area contributed by atoms with Gasteiger partial charge in [0.15, 0.2) is 5.78 Å². The van der Waals surface area contributed by atoms with Gasteiger partial charge in [-0.25, -0.2) is 4.79 Å². The van der Waals surface area contributed by atoms with Gasteiger partial charge in [0, 0.05) is 28.3 Å². The highest BCUT2D eigenvalue weighted by Gasteiger charge is 2.40. The van der Waals surface area contributed by atoms with Gasteiger partial charge in [0.25, 0.3) is 0 Å². The number of thiophene rings is 1. The maximum Gasteiger partial charge on any atom is 0.336 e. The molecule has 1 aromatic rings. The number of esters is 1. The normalized spacial score (nSPS) is 19.9. The van der Waals surface area contributed by atoms with Gasteiger partial charge in [-0.1, -0.05) is 13.8 Å². The summed E-state index contributed by atoms with van der Waals surface area (Å²) in [7, 11) is 0. The average molecular weight is 406 g/mol. The maximum absolute atomic E-state index is 12.9. The van der Waals surface area contributed by atoms with Crippen LogP contribution >= 0.6 is 23.1 Å². The number of carbonyl (C=O) groups is 2. The Morgan fingerprint density at radius 1 is 1.33 bits per heavy atom. The summed E-state index contributed by atoms with van der Waals surface area (Å²) in [6.07, 6.45) is 3.21. The van der Waals surface area contributed by atoms with Crippen molar-refractivity contribution in [2.45, 2.75) is 63.5 Å². The number of ether oxygens (including phenoxy) is 1. The Labute approximate surface area is 169 Å². The standard InChI is InChI=1S/C21H27NO3S2/c1-5-13-11-14(21(27-13)26-7-3)18-17(20(24)25-6-2)12(4)22-15-9-8-10-16(23)19(15)18/h11,18,22H,5-10H2,1-4H3/t18-/m0/s1. The predicted octanol–water partition coefficient (Wildman–Crippen LogP) is 4.95. The first-order valence-corrected chi connectivity index (χ1v) is 11.5. The topological polar surface area (TPSA) is 55.4 Å². The SMILES string of the molecule is CCOC(=O)C1=C(C)NC2=C(C(=O)CCC2)[C@H]1c1cc(CC)sc1SCC. The van der Waals surface area contributed by atoms with Gasteiger partial charge < -0.3 is 10.1 Å². The van der Waals surface area contributed by atoms with Crippen molar-refractivity contribution in [2.24, 2.45) is 0 Å². The molecule has 1 aliphatic heterocycles. The molecule has 4 nitrogen and oxygen atoms in total. The van der Waals surface area contributed by atoms with E-state index in [1.165, 1.54) is 9.09 Å². The summed E-state index contributed by atoms with van der Waals surface area (Å²) in [5, 5.41) is 3.34. The van der Waals surface area contributed by atoms with Crippen molar-refractivity contribution in [1.29, 1.82) is 0 Å². The summed E-state index contributed by atoms with van der Waals surface area (Å²) in [5.41, 5.74) is 4.25. The lowest BCUT2D eigenvalue weighted by Gasteiger charge is -2.34. The van der Waals surface area contributed by atoms with E-state index in [1.54, 1.807) is 23.1 Å². The first-order valence-electron chi connectivity index (χ1n) is 9.68. The summed E-state index contributed by atoms with van der Waals surface area (Å²) in [6, 6.07) is 2.19. The molecule has 0 amide bonds. The molecule has 1 aromatic heterocycles. The van der Waals surface area contributed by atoms with Crippen LogP contribution in [0.15, 0.2) is 32.8 Å². The Morgan fingerprint density at radius 2 is 2.11 bits per heavy atom. The Hall–Kier alpha value is -1.53.